The van der Waals surface area contributed by atoms with Crippen molar-refractivity contribution in [2.24, 2.45) is 0 Å². The number of hydrogen-bond donors (Lipinski definition) is 1. The van der Waals surface area contributed by atoms with E-state index in [0.717, 1.165) is 6.42 Å². The van der Waals surface area contributed by atoms with Gasteiger partial charge in [0.05, 0.1) is 7.11 Å². The minimum atomic E-state index is -0.765. The zero-order valence-electron chi connectivity index (χ0n) is 9.20. The quantitative estimate of drug-likeness (QED) is 0.619. The van der Waals surface area contributed by atoms with Crippen molar-refractivity contribution in [3.8, 4) is 5.75 Å². The Bertz CT molecular complexity index is 376. The van der Waals surface area contributed by atoms with Gasteiger partial charge in [-0.2, -0.15) is 0 Å². The molecule has 1 unspecified atom stereocenters. The molecule has 0 spiro atoms. The summed E-state index contributed by atoms with van der Waals surface area (Å²) >= 11 is 5.83. The van der Waals surface area contributed by atoms with Crippen molar-refractivity contribution in [3.05, 3.63) is 11.5 Å². The van der Waals surface area contributed by atoms with Crippen LogP contribution in [0.3, 0.4) is 0 Å². The first-order valence-corrected chi connectivity index (χ1v) is 6.84. The number of ether oxygens (including phenoxy) is 1. The molecule has 0 aliphatic carbocycles. The van der Waals surface area contributed by atoms with E-state index in [0.29, 0.717) is 23.9 Å². The van der Waals surface area contributed by atoms with E-state index < -0.39 is 10.8 Å². The normalized spacial score (nSPS) is 12.2. The number of halogens is 1. The molecular weight excluding hydrogens is 250 g/mol. The Morgan fingerprint density at radius 2 is 2.31 bits per heavy atom. The Labute approximate surface area is 102 Å². The van der Waals surface area contributed by atoms with Crippen LogP contribution in [0.4, 0.5) is 5.82 Å². The lowest BCUT2D eigenvalue weighted by molar-refractivity contribution is 0.413. The van der Waals surface area contributed by atoms with E-state index in [-0.39, 0.29) is 5.15 Å². The van der Waals surface area contributed by atoms with Crippen LogP contribution in [0, 0.1) is 0 Å². The molecule has 16 heavy (non-hydrogen) atoms. The van der Waals surface area contributed by atoms with Gasteiger partial charge in [-0.1, -0.05) is 11.6 Å². The highest BCUT2D eigenvalue weighted by molar-refractivity contribution is 7.84. The minimum absolute atomic E-state index is 0.277. The Kier molecular flexibility index (Phi) is 5.48. The Hall–Kier alpha value is -0.880. The fraction of sp³-hybridized carbons (Fsp3) is 0.556. The number of rotatable bonds is 6. The summed E-state index contributed by atoms with van der Waals surface area (Å²) in [5.41, 5.74) is 0. The van der Waals surface area contributed by atoms with Gasteiger partial charge >= 0.3 is 0 Å². The Morgan fingerprint density at radius 1 is 1.56 bits per heavy atom. The average Bonchev–Trinajstić information content (AvgIpc) is 2.24. The van der Waals surface area contributed by atoms with Crippen molar-refractivity contribution in [3.63, 3.8) is 0 Å². The van der Waals surface area contributed by atoms with Crippen molar-refractivity contribution >= 4 is 28.2 Å². The number of anilines is 1. The highest BCUT2D eigenvalue weighted by Crippen LogP contribution is 2.27. The maximum atomic E-state index is 10.8. The third kappa shape index (κ3) is 3.94. The van der Waals surface area contributed by atoms with Crippen LogP contribution in [0.15, 0.2) is 6.33 Å². The summed E-state index contributed by atoms with van der Waals surface area (Å²) in [6.45, 7) is 0.670. The molecule has 0 bridgehead atoms. The second kappa shape index (κ2) is 6.65. The van der Waals surface area contributed by atoms with Crippen molar-refractivity contribution in [2.45, 2.75) is 6.42 Å². The Morgan fingerprint density at radius 3 is 2.94 bits per heavy atom. The molecule has 0 amide bonds. The van der Waals surface area contributed by atoms with Crippen molar-refractivity contribution in [1.82, 2.24) is 9.97 Å². The molecule has 5 nitrogen and oxygen atoms in total. The van der Waals surface area contributed by atoms with Gasteiger partial charge in [-0.25, -0.2) is 9.97 Å². The maximum Gasteiger partial charge on any atom is 0.198 e. The molecule has 1 N–H and O–H groups in total. The molecule has 0 fully saturated rings. The van der Waals surface area contributed by atoms with Crippen LogP contribution >= 0.6 is 11.6 Å². The van der Waals surface area contributed by atoms with Gasteiger partial charge in [0, 0.05) is 29.4 Å². The van der Waals surface area contributed by atoms with Crippen LogP contribution < -0.4 is 10.1 Å². The molecule has 1 rings (SSSR count). The predicted octanol–water partition coefficient (Wildman–Crippen LogP) is 1.32. The largest absolute Gasteiger partial charge is 0.490 e. The highest BCUT2D eigenvalue weighted by atomic mass is 35.5. The molecule has 90 valence electrons. The molecule has 1 aromatic rings. The first kappa shape index (κ1) is 13.2. The highest BCUT2D eigenvalue weighted by Gasteiger charge is 2.09. The van der Waals surface area contributed by atoms with Crippen molar-refractivity contribution in [1.29, 1.82) is 0 Å². The zero-order chi connectivity index (χ0) is 12.0. The number of methoxy groups -OCH3 is 1. The lowest BCUT2D eigenvalue weighted by atomic mass is 10.4. The summed E-state index contributed by atoms with van der Waals surface area (Å²) in [7, 11) is 0.746. The Balaban J connectivity index is 2.53. The molecule has 0 aromatic carbocycles. The van der Waals surface area contributed by atoms with Crippen molar-refractivity contribution in [2.75, 3.05) is 31.0 Å². The average molecular weight is 264 g/mol. The SMILES string of the molecule is COc1c(Cl)ncnc1NCCCS(C)=O. The third-order valence-corrected chi connectivity index (χ3v) is 3.00. The lowest BCUT2D eigenvalue weighted by Crippen LogP contribution is -2.08. The summed E-state index contributed by atoms with van der Waals surface area (Å²) < 4.78 is 15.9. The lowest BCUT2D eigenvalue weighted by Gasteiger charge is -2.09. The zero-order valence-corrected chi connectivity index (χ0v) is 10.8. The van der Waals surface area contributed by atoms with Gasteiger partial charge in [-0.15, -0.1) is 0 Å². The van der Waals surface area contributed by atoms with Crippen LogP contribution in [0.1, 0.15) is 6.42 Å². The molecule has 1 aromatic heterocycles. The van der Waals surface area contributed by atoms with Crippen LogP contribution in [0.25, 0.3) is 0 Å². The monoisotopic (exact) mass is 263 g/mol. The second-order valence-corrected chi connectivity index (χ2v) is 5.02. The van der Waals surface area contributed by atoms with Gasteiger partial charge in [0.1, 0.15) is 6.33 Å². The topological polar surface area (TPSA) is 64.1 Å². The molecule has 7 heteroatoms. The molecular formula is C9H14ClN3O2S. The standard InChI is InChI=1S/C9H14ClN3O2S/c1-15-7-8(10)12-6-13-9(7)11-4-3-5-16(2)14/h6H,3-5H2,1-2H3,(H,11,12,13). The molecule has 0 aliphatic heterocycles. The van der Waals surface area contributed by atoms with Crippen LogP contribution in [-0.2, 0) is 10.8 Å². The smallest absolute Gasteiger partial charge is 0.198 e. The van der Waals surface area contributed by atoms with E-state index >= 15 is 0 Å². The molecule has 0 saturated carbocycles. The van der Waals surface area contributed by atoms with Gasteiger partial charge < -0.3 is 10.1 Å². The van der Waals surface area contributed by atoms with E-state index in [9.17, 15) is 4.21 Å². The summed E-state index contributed by atoms with van der Waals surface area (Å²) in [5, 5.41) is 3.34. The molecule has 1 atom stereocenters. The van der Waals surface area contributed by atoms with Crippen LogP contribution in [0.2, 0.25) is 5.15 Å². The van der Waals surface area contributed by atoms with Crippen LogP contribution in [0.5, 0.6) is 5.75 Å². The van der Waals surface area contributed by atoms with E-state index in [1.807, 2.05) is 0 Å². The van der Waals surface area contributed by atoms with E-state index in [1.54, 1.807) is 6.26 Å². The predicted molar refractivity (Wildman–Crippen MR) is 65.6 cm³/mol. The molecule has 1 heterocycles. The summed E-state index contributed by atoms with van der Waals surface area (Å²) in [5.74, 6) is 1.65. The van der Waals surface area contributed by atoms with E-state index in [2.05, 4.69) is 15.3 Å². The van der Waals surface area contributed by atoms with E-state index in [1.165, 1.54) is 13.4 Å². The molecule has 0 radical (unpaired) electrons. The second-order valence-electron chi connectivity index (χ2n) is 3.10. The van der Waals surface area contributed by atoms with Gasteiger partial charge in [0.15, 0.2) is 16.7 Å². The first-order valence-electron chi connectivity index (χ1n) is 4.73. The first-order chi connectivity index (χ1) is 7.65. The van der Waals surface area contributed by atoms with Gasteiger partial charge in [0.25, 0.3) is 0 Å². The number of nitrogens with zero attached hydrogens (tertiary/aromatic N) is 2. The number of hydrogen-bond acceptors (Lipinski definition) is 5. The molecule has 0 aliphatic rings. The molecule has 0 saturated heterocycles. The maximum absolute atomic E-state index is 10.8. The fourth-order valence-corrected chi connectivity index (χ4v) is 1.90. The number of aromatic nitrogens is 2. The minimum Gasteiger partial charge on any atom is -0.490 e. The summed E-state index contributed by atoms with van der Waals surface area (Å²) in [6, 6.07) is 0. The van der Waals surface area contributed by atoms with Gasteiger partial charge in [-0.3, -0.25) is 4.21 Å². The fourth-order valence-electron chi connectivity index (χ4n) is 1.14. The van der Waals surface area contributed by atoms with Gasteiger partial charge in [-0.05, 0) is 6.42 Å². The third-order valence-electron chi connectivity index (χ3n) is 1.87. The van der Waals surface area contributed by atoms with Crippen molar-refractivity contribution < 1.29 is 8.95 Å². The summed E-state index contributed by atoms with van der Waals surface area (Å²) in [4.78, 5) is 7.83. The van der Waals surface area contributed by atoms with Crippen LogP contribution in [-0.4, -0.2) is 39.8 Å². The number of nitrogens with one attached hydrogen (secondary N) is 1. The summed E-state index contributed by atoms with van der Waals surface area (Å²) in [6.07, 6.45) is 3.85. The van der Waals surface area contributed by atoms with Gasteiger partial charge in [0.2, 0.25) is 0 Å². The van der Waals surface area contributed by atoms with E-state index in [4.69, 9.17) is 16.3 Å².